The molecule has 0 saturated heterocycles. The molecule has 0 unspecified atom stereocenters. The van der Waals surface area contributed by atoms with Crippen LogP contribution in [0.5, 0.6) is 5.75 Å². The van der Waals surface area contributed by atoms with Crippen molar-refractivity contribution in [3.63, 3.8) is 0 Å². The standard InChI is InChI=1S/C12H15NO4.Na/c1-8(2)17-10-5-3-9(4-6-10)12(16)13-7-11(14)15;/h3-6,8H,7H2,1-2H3,(H,13,16)(H,14,15);/q;+1. The van der Waals surface area contributed by atoms with Gasteiger partial charge in [-0.05, 0) is 38.1 Å². The van der Waals surface area contributed by atoms with Crippen LogP contribution < -0.4 is 39.6 Å². The first-order chi connectivity index (χ1) is 7.99. The first kappa shape index (κ1) is 17.0. The Morgan fingerprint density at radius 2 is 1.83 bits per heavy atom. The van der Waals surface area contributed by atoms with E-state index >= 15 is 0 Å². The molecule has 0 aliphatic rings. The minimum absolute atomic E-state index is 0. The van der Waals surface area contributed by atoms with Crippen molar-refractivity contribution in [1.29, 1.82) is 0 Å². The molecular formula is C12H15NNaO4+. The SMILES string of the molecule is CC(C)Oc1ccc(C(=O)NCC(=O)O)cc1.[Na+]. The number of carboxylic acids is 1. The Bertz CT molecular complexity index is 403. The number of aliphatic carboxylic acids is 1. The Morgan fingerprint density at radius 1 is 1.28 bits per heavy atom. The maximum Gasteiger partial charge on any atom is 1.00 e. The number of nitrogens with one attached hydrogen (secondary N) is 1. The largest absolute Gasteiger partial charge is 1.00 e. The third kappa shape index (κ3) is 6.05. The van der Waals surface area contributed by atoms with Crippen molar-refractivity contribution in [2.24, 2.45) is 0 Å². The maximum atomic E-state index is 11.5. The van der Waals surface area contributed by atoms with Crippen LogP contribution in [0.3, 0.4) is 0 Å². The number of amides is 1. The van der Waals surface area contributed by atoms with E-state index in [9.17, 15) is 9.59 Å². The number of rotatable bonds is 5. The van der Waals surface area contributed by atoms with Crippen LogP contribution >= 0.6 is 0 Å². The van der Waals surface area contributed by atoms with Crippen molar-refractivity contribution in [3.8, 4) is 5.75 Å². The first-order valence-electron chi connectivity index (χ1n) is 5.25. The van der Waals surface area contributed by atoms with E-state index < -0.39 is 11.9 Å². The predicted molar refractivity (Wildman–Crippen MR) is 62.2 cm³/mol. The third-order valence-electron chi connectivity index (χ3n) is 1.89. The number of hydrogen-bond acceptors (Lipinski definition) is 3. The average Bonchev–Trinajstić information content (AvgIpc) is 2.26. The minimum Gasteiger partial charge on any atom is -0.491 e. The van der Waals surface area contributed by atoms with E-state index in [0.717, 1.165) is 0 Å². The monoisotopic (exact) mass is 260 g/mol. The Balaban J connectivity index is 0.00000289. The van der Waals surface area contributed by atoms with Crippen LogP contribution in [0.4, 0.5) is 0 Å². The molecule has 92 valence electrons. The van der Waals surface area contributed by atoms with Gasteiger partial charge in [-0.3, -0.25) is 9.59 Å². The van der Waals surface area contributed by atoms with E-state index in [4.69, 9.17) is 9.84 Å². The van der Waals surface area contributed by atoms with Gasteiger partial charge in [-0.25, -0.2) is 0 Å². The van der Waals surface area contributed by atoms with Gasteiger partial charge in [0.1, 0.15) is 12.3 Å². The Labute approximate surface area is 128 Å². The average molecular weight is 260 g/mol. The van der Waals surface area contributed by atoms with Crippen LogP contribution in [0.2, 0.25) is 0 Å². The van der Waals surface area contributed by atoms with Crippen molar-refractivity contribution < 1.29 is 49.0 Å². The molecule has 0 heterocycles. The summed E-state index contributed by atoms with van der Waals surface area (Å²) in [6, 6.07) is 6.54. The van der Waals surface area contributed by atoms with Gasteiger partial charge in [-0.1, -0.05) is 0 Å². The number of hydrogen-bond donors (Lipinski definition) is 2. The van der Waals surface area contributed by atoms with Gasteiger partial charge in [0.15, 0.2) is 0 Å². The van der Waals surface area contributed by atoms with E-state index in [0.29, 0.717) is 11.3 Å². The summed E-state index contributed by atoms with van der Waals surface area (Å²) in [5.74, 6) is -0.809. The van der Waals surface area contributed by atoms with Crippen molar-refractivity contribution >= 4 is 11.9 Å². The molecule has 0 atom stereocenters. The Morgan fingerprint density at radius 3 is 2.28 bits per heavy atom. The molecule has 0 saturated carbocycles. The Hall–Kier alpha value is -1.04. The van der Waals surface area contributed by atoms with Gasteiger partial charge in [0, 0.05) is 5.56 Å². The van der Waals surface area contributed by atoms with Crippen LogP contribution in [-0.4, -0.2) is 29.6 Å². The summed E-state index contributed by atoms with van der Waals surface area (Å²) in [6.07, 6.45) is 0.0710. The zero-order valence-corrected chi connectivity index (χ0v) is 12.8. The summed E-state index contributed by atoms with van der Waals surface area (Å²) in [7, 11) is 0. The molecule has 5 nitrogen and oxygen atoms in total. The normalized spacial score (nSPS) is 9.50. The van der Waals surface area contributed by atoms with Crippen LogP contribution in [-0.2, 0) is 4.79 Å². The van der Waals surface area contributed by atoms with E-state index in [1.54, 1.807) is 24.3 Å². The van der Waals surface area contributed by atoms with Gasteiger partial charge in [-0.2, -0.15) is 0 Å². The number of benzene rings is 1. The number of carbonyl (C=O) groups excluding carboxylic acids is 1. The first-order valence-corrected chi connectivity index (χ1v) is 5.25. The van der Waals surface area contributed by atoms with Gasteiger partial charge in [0.25, 0.3) is 5.91 Å². The fourth-order valence-electron chi connectivity index (χ4n) is 1.21. The molecule has 0 aliphatic heterocycles. The maximum absolute atomic E-state index is 11.5. The summed E-state index contributed by atoms with van der Waals surface area (Å²) in [4.78, 5) is 21.7. The molecule has 18 heavy (non-hydrogen) atoms. The van der Waals surface area contributed by atoms with E-state index in [2.05, 4.69) is 5.32 Å². The molecular weight excluding hydrogens is 245 g/mol. The second-order valence-electron chi connectivity index (χ2n) is 3.77. The summed E-state index contributed by atoms with van der Waals surface area (Å²) in [5, 5.41) is 10.7. The molecule has 0 radical (unpaired) electrons. The van der Waals surface area contributed by atoms with Gasteiger partial charge in [0.05, 0.1) is 6.10 Å². The number of carbonyl (C=O) groups is 2. The van der Waals surface area contributed by atoms with Crippen molar-refractivity contribution in [1.82, 2.24) is 5.32 Å². The fraction of sp³-hybridized carbons (Fsp3) is 0.333. The second kappa shape index (κ2) is 8.13. The Kier molecular flexibility index (Phi) is 7.66. The van der Waals surface area contributed by atoms with Crippen LogP contribution in [0.25, 0.3) is 0 Å². The van der Waals surface area contributed by atoms with Gasteiger partial charge >= 0.3 is 35.5 Å². The summed E-state index contributed by atoms with van der Waals surface area (Å²) in [6.45, 7) is 3.43. The molecule has 0 bridgehead atoms. The van der Waals surface area contributed by atoms with Crippen LogP contribution in [0, 0.1) is 0 Å². The minimum atomic E-state index is -1.07. The molecule has 6 heteroatoms. The van der Waals surface area contributed by atoms with E-state index in [-0.39, 0.29) is 42.2 Å². The number of ether oxygens (including phenoxy) is 1. The summed E-state index contributed by atoms with van der Waals surface area (Å²) in [5.41, 5.74) is 0.405. The third-order valence-corrected chi connectivity index (χ3v) is 1.89. The smallest absolute Gasteiger partial charge is 0.491 e. The van der Waals surface area contributed by atoms with Crippen molar-refractivity contribution in [2.45, 2.75) is 20.0 Å². The van der Waals surface area contributed by atoms with Crippen LogP contribution in [0.1, 0.15) is 24.2 Å². The molecule has 0 spiro atoms. The van der Waals surface area contributed by atoms with Gasteiger partial charge < -0.3 is 15.2 Å². The van der Waals surface area contributed by atoms with Crippen molar-refractivity contribution in [3.05, 3.63) is 29.8 Å². The molecule has 0 fully saturated rings. The molecule has 2 N–H and O–H groups in total. The molecule has 1 amide bonds. The van der Waals surface area contributed by atoms with Gasteiger partial charge in [0.2, 0.25) is 0 Å². The quantitative estimate of drug-likeness (QED) is 0.618. The number of carboxylic acid groups (broad SMARTS) is 1. The zero-order valence-electron chi connectivity index (χ0n) is 10.8. The van der Waals surface area contributed by atoms with Crippen LogP contribution in [0.15, 0.2) is 24.3 Å². The summed E-state index contributed by atoms with van der Waals surface area (Å²) >= 11 is 0. The molecule has 1 rings (SSSR count). The summed E-state index contributed by atoms with van der Waals surface area (Å²) < 4.78 is 5.42. The second-order valence-corrected chi connectivity index (χ2v) is 3.77. The fourth-order valence-corrected chi connectivity index (χ4v) is 1.21. The molecule has 0 aliphatic carbocycles. The van der Waals surface area contributed by atoms with Crippen molar-refractivity contribution in [2.75, 3.05) is 6.54 Å². The van der Waals surface area contributed by atoms with E-state index in [1.165, 1.54) is 0 Å². The zero-order chi connectivity index (χ0) is 12.8. The predicted octanol–water partition coefficient (Wildman–Crippen LogP) is -1.71. The van der Waals surface area contributed by atoms with E-state index in [1.807, 2.05) is 13.8 Å². The van der Waals surface area contributed by atoms with Gasteiger partial charge in [-0.15, -0.1) is 0 Å². The molecule has 1 aromatic rings. The molecule has 1 aromatic carbocycles. The molecule has 0 aromatic heterocycles. The topological polar surface area (TPSA) is 75.6 Å².